The Morgan fingerprint density at radius 2 is 1.08 bits per heavy atom. The lowest BCUT2D eigenvalue weighted by atomic mass is 10.2. The van der Waals surface area contributed by atoms with Crippen LogP contribution < -0.4 is 9.47 Å². The van der Waals surface area contributed by atoms with E-state index in [1.54, 1.807) is 14.2 Å². The zero-order chi connectivity index (χ0) is 16.1. The maximum atomic E-state index is 5.19. The molecule has 1 aliphatic rings. The number of halogens is 1. The molecule has 2 aromatic rings. The van der Waals surface area contributed by atoms with Crippen LogP contribution in [0.2, 0.25) is 0 Å². The minimum Gasteiger partial charge on any atom is -0.497 e. The van der Waals surface area contributed by atoms with Crippen molar-refractivity contribution in [3.05, 3.63) is 72.1 Å². The molecule has 2 aromatic carbocycles. The summed E-state index contributed by atoms with van der Waals surface area (Å²) in [5.74, 6) is 1.79. The van der Waals surface area contributed by atoms with E-state index < -0.39 is 0 Å². The average Bonchev–Trinajstić information content (AvgIpc) is 3.03. The molecule has 3 rings (SSSR count). The van der Waals surface area contributed by atoms with Crippen LogP contribution in [0, 0.1) is 0 Å². The highest BCUT2D eigenvalue weighted by Gasteiger charge is 2.13. The van der Waals surface area contributed by atoms with Crippen molar-refractivity contribution in [1.82, 2.24) is 9.80 Å². The Morgan fingerprint density at radius 3 is 1.42 bits per heavy atom. The molecular formula is C19H23ClN2O2. The number of ether oxygens (including phenoxy) is 2. The fourth-order valence-corrected chi connectivity index (χ4v) is 2.65. The maximum absolute atomic E-state index is 5.19. The van der Waals surface area contributed by atoms with Crippen molar-refractivity contribution in [3.8, 4) is 11.5 Å². The molecule has 0 saturated carbocycles. The third kappa shape index (κ3) is 4.59. The van der Waals surface area contributed by atoms with E-state index in [4.69, 9.17) is 9.47 Å². The lowest BCUT2D eigenvalue weighted by Crippen LogP contribution is -2.24. The van der Waals surface area contributed by atoms with Crippen LogP contribution in [0.25, 0.3) is 0 Å². The van der Waals surface area contributed by atoms with E-state index >= 15 is 0 Å². The molecule has 4 nitrogen and oxygen atoms in total. The molecule has 0 radical (unpaired) electrons. The summed E-state index contributed by atoms with van der Waals surface area (Å²) in [4.78, 5) is 4.59. The summed E-state index contributed by atoms with van der Waals surface area (Å²) in [5, 5.41) is 0. The molecule has 0 spiro atoms. The van der Waals surface area contributed by atoms with E-state index in [1.165, 1.54) is 11.1 Å². The maximum Gasteiger partial charge on any atom is 0.118 e. The second-order valence-electron chi connectivity index (χ2n) is 5.63. The number of rotatable bonds is 6. The first kappa shape index (κ1) is 18.0. The number of hydrogen-bond acceptors (Lipinski definition) is 4. The predicted molar refractivity (Wildman–Crippen MR) is 98.3 cm³/mol. The first-order valence-electron chi connectivity index (χ1n) is 7.69. The van der Waals surface area contributed by atoms with Crippen LogP contribution in [0.5, 0.6) is 11.5 Å². The molecule has 0 amide bonds. The summed E-state index contributed by atoms with van der Waals surface area (Å²) in [6, 6.07) is 16.5. The van der Waals surface area contributed by atoms with E-state index in [0.717, 1.165) is 31.3 Å². The smallest absolute Gasteiger partial charge is 0.118 e. The van der Waals surface area contributed by atoms with E-state index in [1.807, 2.05) is 24.3 Å². The molecule has 128 valence electrons. The Morgan fingerprint density at radius 1 is 0.708 bits per heavy atom. The topological polar surface area (TPSA) is 24.9 Å². The van der Waals surface area contributed by atoms with Crippen molar-refractivity contribution in [2.75, 3.05) is 20.9 Å². The zero-order valence-electron chi connectivity index (χ0n) is 14.0. The van der Waals surface area contributed by atoms with Crippen LogP contribution in [0.3, 0.4) is 0 Å². The van der Waals surface area contributed by atoms with Gasteiger partial charge in [-0.2, -0.15) is 0 Å². The van der Waals surface area contributed by atoms with Crippen molar-refractivity contribution in [2.24, 2.45) is 0 Å². The molecule has 1 aliphatic heterocycles. The summed E-state index contributed by atoms with van der Waals surface area (Å²) in [6.07, 6.45) is 4.29. The standard InChI is InChI=1S/C19H22N2O2.ClH/c1-22-18-7-3-16(4-8-18)13-20-11-12-21(15-20)14-17-5-9-19(23-2)10-6-17;/h3-12H,13-15H2,1-2H3;1H. The van der Waals surface area contributed by atoms with E-state index in [-0.39, 0.29) is 12.4 Å². The molecule has 0 aliphatic carbocycles. The molecule has 24 heavy (non-hydrogen) atoms. The van der Waals surface area contributed by atoms with E-state index in [2.05, 4.69) is 46.5 Å². The third-order valence-electron chi connectivity index (χ3n) is 3.94. The van der Waals surface area contributed by atoms with E-state index in [0.29, 0.717) is 0 Å². The van der Waals surface area contributed by atoms with Crippen molar-refractivity contribution < 1.29 is 9.47 Å². The van der Waals surface area contributed by atoms with Gasteiger partial charge < -0.3 is 19.3 Å². The van der Waals surface area contributed by atoms with Crippen LogP contribution in [0.1, 0.15) is 11.1 Å². The quantitative estimate of drug-likeness (QED) is 0.792. The van der Waals surface area contributed by atoms with Crippen LogP contribution in [0.4, 0.5) is 0 Å². The van der Waals surface area contributed by atoms with Gasteiger partial charge in [0.25, 0.3) is 0 Å². The lowest BCUT2D eigenvalue weighted by Gasteiger charge is -2.21. The lowest BCUT2D eigenvalue weighted by molar-refractivity contribution is 0.254. The first-order valence-corrected chi connectivity index (χ1v) is 7.69. The molecule has 0 unspecified atom stereocenters. The zero-order valence-corrected chi connectivity index (χ0v) is 14.8. The number of nitrogens with zero attached hydrogens (tertiary/aromatic N) is 2. The van der Waals surface area contributed by atoms with Gasteiger partial charge >= 0.3 is 0 Å². The Kier molecular flexibility index (Phi) is 6.38. The Balaban J connectivity index is 0.00000208. The van der Waals surface area contributed by atoms with Crippen molar-refractivity contribution in [1.29, 1.82) is 0 Å². The fraction of sp³-hybridized carbons (Fsp3) is 0.263. The van der Waals surface area contributed by atoms with Crippen LogP contribution in [-0.4, -0.2) is 30.7 Å². The van der Waals surface area contributed by atoms with E-state index in [9.17, 15) is 0 Å². The number of benzene rings is 2. The van der Waals surface area contributed by atoms with Crippen molar-refractivity contribution >= 4 is 12.4 Å². The van der Waals surface area contributed by atoms with Gasteiger partial charge in [-0.25, -0.2) is 0 Å². The van der Waals surface area contributed by atoms with Gasteiger partial charge in [-0.05, 0) is 35.4 Å². The van der Waals surface area contributed by atoms with Crippen LogP contribution in [0.15, 0.2) is 60.9 Å². The highest BCUT2D eigenvalue weighted by atomic mass is 35.5. The Labute approximate surface area is 149 Å². The van der Waals surface area contributed by atoms with Crippen LogP contribution in [-0.2, 0) is 13.1 Å². The molecule has 0 aromatic heterocycles. The van der Waals surface area contributed by atoms with Gasteiger partial charge in [0.05, 0.1) is 20.9 Å². The molecule has 0 atom stereocenters. The number of hydrogen-bond donors (Lipinski definition) is 0. The first-order chi connectivity index (χ1) is 11.3. The normalized spacial score (nSPS) is 12.9. The summed E-state index contributed by atoms with van der Waals surface area (Å²) in [6.45, 7) is 2.71. The number of methoxy groups -OCH3 is 2. The minimum absolute atomic E-state index is 0. The molecule has 0 fully saturated rings. The second kappa shape index (κ2) is 8.50. The third-order valence-corrected chi connectivity index (χ3v) is 3.94. The SMILES string of the molecule is COc1ccc(CN2C=CN(Cc3ccc(OC)cc3)C2)cc1.Cl. The minimum atomic E-state index is 0. The fourth-order valence-electron chi connectivity index (χ4n) is 2.65. The van der Waals surface area contributed by atoms with Gasteiger partial charge in [-0.3, -0.25) is 0 Å². The molecule has 0 N–H and O–H groups in total. The van der Waals surface area contributed by atoms with Gasteiger partial charge in [0.2, 0.25) is 0 Å². The molecule has 0 bridgehead atoms. The molecule has 1 heterocycles. The van der Waals surface area contributed by atoms with Crippen molar-refractivity contribution in [3.63, 3.8) is 0 Å². The van der Waals surface area contributed by atoms with Gasteiger partial charge in [-0.1, -0.05) is 24.3 Å². The largest absolute Gasteiger partial charge is 0.497 e. The summed E-state index contributed by atoms with van der Waals surface area (Å²) < 4.78 is 10.4. The molecule has 0 saturated heterocycles. The van der Waals surface area contributed by atoms with Crippen LogP contribution >= 0.6 is 12.4 Å². The second-order valence-corrected chi connectivity index (χ2v) is 5.63. The Hall–Kier alpha value is -2.33. The van der Waals surface area contributed by atoms with Gasteiger partial charge in [-0.15, -0.1) is 12.4 Å². The predicted octanol–water partition coefficient (Wildman–Crippen LogP) is 3.87. The summed E-state index contributed by atoms with van der Waals surface area (Å²) in [7, 11) is 3.38. The van der Waals surface area contributed by atoms with Gasteiger partial charge in [0, 0.05) is 25.5 Å². The highest BCUT2D eigenvalue weighted by molar-refractivity contribution is 5.85. The monoisotopic (exact) mass is 346 g/mol. The average molecular weight is 347 g/mol. The van der Waals surface area contributed by atoms with Crippen molar-refractivity contribution in [2.45, 2.75) is 13.1 Å². The summed E-state index contributed by atoms with van der Waals surface area (Å²) in [5.41, 5.74) is 2.56. The molecular weight excluding hydrogens is 324 g/mol. The van der Waals surface area contributed by atoms with Gasteiger partial charge in [0.15, 0.2) is 0 Å². The summed E-state index contributed by atoms with van der Waals surface area (Å²) >= 11 is 0. The highest BCUT2D eigenvalue weighted by Crippen LogP contribution is 2.18. The van der Waals surface area contributed by atoms with Gasteiger partial charge in [0.1, 0.15) is 11.5 Å². The molecule has 5 heteroatoms. The Bertz CT molecular complexity index is 599.